The topological polar surface area (TPSA) is 64.7 Å². The van der Waals surface area contributed by atoms with Crippen LogP contribution in [0.3, 0.4) is 0 Å². The lowest BCUT2D eigenvalue weighted by molar-refractivity contribution is 0.171. The molecular weight excluding hydrogens is 194 g/mol. The van der Waals surface area contributed by atoms with Crippen molar-refractivity contribution in [1.29, 1.82) is 0 Å². The van der Waals surface area contributed by atoms with Gasteiger partial charge in [-0.15, -0.1) is 0 Å². The van der Waals surface area contributed by atoms with Crippen molar-refractivity contribution in [2.24, 2.45) is 5.73 Å². The molecule has 0 spiro atoms. The molecule has 1 aliphatic heterocycles. The number of hydrogen-bond donors (Lipinski definition) is 2. The first kappa shape index (κ1) is 8.85. The van der Waals surface area contributed by atoms with E-state index in [0.29, 0.717) is 18.0 Å². The molecule has 3 N–H and O–H groups in total. The molecular formula is C11H13NO3. The van der Waals surface area contributed by atoms with Crippen molar-refractivity contribution >= 4 is 0 Å². The average molecular weight is 207 g/mol. The number of ether oxygens (including phenoxy) is 2. The molecule has 80 valence electrons. The van der Waals surface area contributed by atoms with E-state index in [1.54, 1.807) is 6.07 Å². The van der Waals surface area contributed by atoms with E-state index in [1.807, 2.05) is 6.07 Å². The Morgan fingerprint density at radius 1 is 1.33 bits per heavy atom. The monoisotopic (exact) mass is 207 g/mol. The first-order valence-electron chi connectivity index (χ1n) is 5.08. The zero-order chi connectivity index (χ0) is 10.5. The van der Waals surface area contributed by atoms with Crippen LogP contribution < -0.4 is 15.2 Å². The van der Waals surface area contributed by atoms with Crippen LogP contribution in [0.15, 0.2) is 12.1 Å². The predicted molar refractivity (Wildman–Crippen MR) is 54.2 cm³/mol. The third-order valence-electron chi connectivity index (χ3n) is 3.31. The second-order valence-electron chi connectivity index (χ2n) is 4.21. The molecule has 1 heterocycles. The maximum absolute atomic E-state index is 9.75. The fourth-order valence-electron chi connectivity index (χ4n) is 2.06. The van der Waals surface area contributed by atoms with Crippen LogP contribution in [0.5, 0.6) is 17.2 Å². The van der Waals surface area contributed by atoms with Crippen molar-refractivity contribution in [1.82, 2.24) is 0 Å². The lowest BCUT2D eigenvalue weighted by Crippen LogP contribution is -2.19. The fourth-order valence-corrected chi connectivity index (χ4v) is 2.06. The molecule has 1 aromatic rings. The van der Waals surface area contributed by atoms with Crippen LogP contribution in [-0.2, 0) is 5.41 Å². The molecule has 4 nitrogen and oxygen atoms in total. The van der Waals surface area contributed by atoms with Gasteiger partial charge in [0.05, 0.1) is 0 Å². The molecule has 1 fully saturated rings. The Morgan fingerprint density at radius 3 is 2.80 bits per heavy atom. The standard InChI is InChI=1S/C11H13NO3/c12-5-11(1-2-11)7-3-8(13)10-9(4-7)14-6-15-10/h3-4,13H,1-2,5-6,12H2. The smallest absolute Gasteiger partial charge is 0.231 e. The SMILES string of the molecule is NCC1(c2cc(O)c3c(c2)OCO3)CC1. The molecule has 0 unspecified atom stereocenters. The van der Waals surface area contributed by atoms with E-state index in [0.717, 1.165) is 18.4 Å². The lowest BCUT2D eigenvalue weighted by Gasteiger charge is -2.13. The molecule has 2 aliphatic rings. The molecule has 1 aliphatic carbocycles. The van der Waals surface area contributed by atoms with Crippen molar-refractivity contribution in [3.8, 4) is 17.2 Å². The first-order chi connectivity index (χ1) is 7.25. The first-order valence-corrected chi connectivity index (χ1v) is 5.08. The maximum atomic E-state index is 9.75. The van der Waals surface area contributed by atoms with E-state index in [2.05, 4.69) is 0 Å². The molecule has 1 saturated carbocycles. The summed E-state index contributed by atoms with van der Waals surface area (Å²) in [6, 6.07) is 3.68. The highest BCUT2D eigenvalue weighted by Gasteiger charge is 2.44. The molecule has 0 amide bonds. The van der Waals surface area contributed by atoms with E-state index >= 15 is 0 Å². The zero-order valence-corrected chi connectivity index (χ0v) is 8.32. The van der Waals surface area contributed by atoms with Crippen LogP contribution in [0.1, 0.15) is 18.4 Å². The quantitative estimate of drug-likeness (QED) is 0.762. The number of phenolic OH excluding ortho intramolecular Hbond substituents is 1. The van der Waals surface area contributed by atoms with Gasteiger partial charge in [0.2, 0.25) is 12.5 Å². The second kappa shape index (κ2) is 2.79. The van der Waals surface area contributed by atoms with Crippen LogP contribution in [0.4, 0.5) is 0 Å². The van der Waals surface area contributed by atoms with E-state index < -0.39 is 0 Å². The molecule has 4 heteroatoms. The third kappa shape index (κ3) is 1.18. The molecule has 0 aromatic heterocycles. The number of benzene rings is 1. The van der Waals surface area contributed by atoms with E-state index in [-0.39, 0.29) is 18.0 Å². The summed E-state index contributed by atoms with van der Waals surface area (Å²) >= 11 is 0. The highest BCUT2D eigenvalue weighted by Crippen LogP contribution is 2.51. The van der Waals surface area contributed by atoms with Crippen LogP contribution in [0.25, 0.3) is 0 Å². The summed E-state index contributed by atoms with van der Waals surface area (Å²) in [4.78, 5) is 0. The van der Waals surface area contributed by atoms with Gasteiger partial charge in [-0.3, -0.25) is 0 Å². The normalized spacial score (nSPS) is 20.3. The largest absolute Gasteiger partial charge is 0.504 e. The molecule has 15 heavy (non-hydrogen) atoms. The molecule has 0 saturated heterocycles. The highest BCUT2D eigenvalue weighted by atomic mass is 16.7. The summed E-state index contributed by atoms with van der Waals surface area (Å²) in [5.74, 6) is 1.23. The summed E-state index contributed by atoms with van der Waals surface area (Å²) in [5.41, 5.74) is 6.87. The van der Waals surface area contributed by atoms with Crippen LogP contribution in [-0.4, -0.2) is 18.4 Å². The van der Waals surface area contributed by atoms with Gasteiger partial charge in [-0.1, -0.05) is 0 Å². The number of aromatic hydroxyl groups is 1. The summed E-state index contributed by atoms with van der Waals surface area (Å²) in [7, 11) is 0. The van der Waals surface area contributed by atoms with E-state index in [1.165, 1.54) is 0 Å². The van der Waals surface area contributed by atoms with Crippen molar-refractivity contribution in [3.63, 3.8) is 0 Å². The maximum Gasteiger partial charge on any atom is 0.231 e. The van der Waals surface area contributed by atoms with Gasteiger partial charge in [0.15, 0.2) is 11.5 Å². The van der Waals surface area contributed by atoms with Gasteiger partial charge in [0.25, 0.3) is 0 Å². The summed E-state index contributed by atoms with van der Waals surface area (Å²) in [6.07, 6.45) is 2.17. The molecule has 0 radical (unpaired) electrons. The van der Waals surface area contributed by atoms with Gasteiger partial charge in [0.1, 0.15) is 0 Å². The van der Waals surface area contributed by atoms with Crippen LogP contribution in [0.2, 0.25) is 0 Å². The Labute approximate surface area is 87.6 Å². The van der Waals surface area contributed by atoms with Crippen molar-refractivity contribution in [2.75, 3.05) is 13.3 Å². The average Bonchev–Trinajstić information content (AvgIpc) is 2.90. The third-order valence-corrected chi connectivity index (χ3v) is 3.31. The Balaban J connectivity index is 2.08. The number of nitrogens with two attached hydrogens (primary N) is 1. The lowest BCUT2D eigenvalue weighted by atomic mass is 9.95. The van der Waals surface area contributed by atoms with Crippen molar-refractivity contribution in [2.45, 2.75) is 18.3 Å². The number of phenols is 1. The summed E-state index contributed by atoms with van der Waals surface area (Å²) < 4.78 is 10.4. The summed E-state index contributed by atoms with van der Waals surface area (Å²) in [6.45, 7) is 0.800. The summed E-state index contributed by atoms with van der Waals surface area (Å²) in [5, 5.41) is 9.75. The molecule has 1 aromatic carbocycles. The fraction of sp³-hybridized carbons (Fsp3) is 0.455. The van der Waals surface area contributed by atoms with Crippen molar-refractivity contribution < 1.29 is 14.6 Å². The van der Waals surface area contributed by atoms with E-state index in [4.69, 9.17) is 15.2 Å². The number of fused-ring (bicyclic) bond motifs is 1. The minimum absolute atomic E-state index is 0.0679. The zero-order valence-electron chi connectivity index (χ0n) is 8.32. The minimum Gasteiger partial charge on any atom is -0.504 e. The van der Waals surface area contributed by atoms with Gasteiger partial charge in [-0.2, -0.15) is 0 Å². The van der Waals surface area contributed by atoms with Crippen LogP contribution in [0, 0.1) is 0 Å². The van der Waals surface area contributed by atoms with E-state index in [9.17, 15) is 5.11 Å². The Kier molecular flexibility index (Phi) is 1.65. The van der Waals surface area contributed by atoms with Gasteiger partial charge < -0.3 is 20.3 Å². The molecule has 0 atom stereocenters. The van der Waals surface area contributed by atoms with Gasteiger partial charge in [0, 0.05) is 12.0 Å². The predicted octanol–water partition coefficient (Wildman–Crippen LogP) is 1.11. The Hall–Kier alpha value is -1.42. The van der Waals surface area contributed by atoms with Gasteiger partial charge in [-0.05, 0) is 30.5 Å². The van der Waals surface area contributed by atoms with Crippen LogP contribution >= 0.6 is 0 Å². The second-order valence-corrected chi connectivity index (χ2v) is 4.21. The van der Waals surface area contributed by atoms with Gasteiger partial charge >= 0.3 is 0 Å². The molecule has 3 rings (SSSR count). The number of rotatable bonds is 2. The highest BCUT2D eigenvalue weighted by molar-refractivity contribution is 5.56. The minimum atomic E-state index is 0.0679. The number of hydrogen-bond acceptors (Lipinski definition) is 4. The Bertz CT molecular complexity index is 413. The van der Waals surface area contributed by atoms with Crippen molar-refractivity contribution in [3.05, 3.63) is 17.7 Å². The Morgan fingerprint density at radius 2 is 2.13 bits per heavy atom. The van der Waals surface area contributed by atoms with Gasteiger partial charge in [-0.25, -0.2) is 0 Å². The molecule has 0 bridgehead atoms.